The van der Waals surface area contributed by atoms with E-state index in [4.69, 9.17) is 9.47 Å². The van der Waals surface area contributed by atoms with Gasteiger partial charge in [0.15, 0.2) is 0 Å². The minimum absolute atomic E-state index is 0.0183. The summed E-state index contributed by atoms with van der Waals surface area (Å²) in [6.07, 6.45) is 1.66. The van der Waals surface area contributed by atoms with Gasteiger partial charge in [0.2, 0.25) is 21.8 Å². The summed E-state index contributed by atoms with van der Waals surface area (Å²) >= 11 is 0. The number of carbonyl (C=O) groups is 4. The third-order valence-electron chi connectivity index (χ3n) is 6.09. The van der Waals surface area contributed by atoms with E-state index in [1.165, 1.54) is 12.1 Å². The molecule has 0 radical (unpaired) electrons. The van der Waals surface area contributed by atoms with Crippen LogP contribution in [0.5, 0.6) is 0 Å². The van der Waals surface area contributed by atoms with Crippen molar-refractivity contribution in [2.75, 3.05) is 32.8 Å². The van der Waals surface area contributed by atoms with Gasteiger partial charge in [-0.15, -0.1) is 0 Å². The Labute approximate surface area is 236 Å². The van der Waals surface area contributed by atoms with E-state index < -0.39 is 33.5 Å². The van der Waals surface area contributed by atoms with Crippen molar-refractivity contribution in [3.05, 3.63) is 30.3 Å². The number of esters is 1. The number of nitrogens with one attached hydrogen (secondary N) is 3. The number of hydrogen-bond donors (Lipinski definition) is 3. The van der Waals surface area contributed by atoms with Crippen molar-refractivity contribution < 1.29 is 37.1 Å². The zero-order valence-corrected chi connectivity index (χ0v) is 24.6. The number of nitrogens with zero attached hydrogens (tertiary/aromatic N) is 1. The van der Waals surface area contributed by atoms with Crippen molar-refractivity contribution >= 4 is 33.9 Å². The van der Waals surface area contributed by atoms with Crippen LogP contribution in [0, 0.1) is 5.92 Å². The summed E-state index contributed by atoms with van der Waals surface area (Å²) in [7, 11) is -4.01. The van der Waals surface area contributed by atoms with Crippen molar-refractivity contribution in [2.45, 2.75) is 76.3 Å². The van der Waals surface area contributed by atoms with Crippen LogP contribution in [-0.4, -0.2) is 81.6 Å². The number of hydrogen-bond acceptors (Lipinski definition) is 8. The Bertz CT molecular complexity index is 1100. The molecule has 224 valence electrons. The summed E-state index contributed by atoms with van der Waals surface area (Å²) < 4.78 is 37.9. The third kappa shape index (κ3) is 11.9. The molecule has 0 spiro atoms. The van der Waals surface area contributed by atoms with Crippen molar-refractivity contribution in [3.8, 4) is 0 Å². The van der Waals surface area contributed by atoms with Gasteiger partial charge >= 0.3 is 12.1 Å². The third-order valence-corrected chi connectivity index (χ3v) is 7.57. The molecular formula is C27H42N4O8S. The molecule has 3 amide bonds. The maximum atomic E-state index is 12.6. The Morgan fingerprint density at radius 2 is 1.60 bits per heavy atom. The van der Waals surface area contributed by atoms with Crippen LogP contribution in [0.3, 0.4) is 0 Å². The van der Waals surface area contributed by atoms with Gasteiger partial charge in [-0.2, -0.15) is 4.72 Å². The highest BCUT2D eigenvalue weighted by Crippen LogP contribution is 2.19. The molecule has 0 aliphatic carbocycles. The van der Waals surface area contributed by atoms with Crippen LogP contribution in [0.2, 0.25) is 0 Å². The molecule has 1 aliphatic heterocycles. The van der Waals surface area contributed by atoms with E-state index in [1.807, 2.05) is 20.8 Å². The Morgan fingerprint density at radius 3 is 2.17 bits per heavy atom. The van der Waals surface area contributed by atoms with Gasteiger partial charge in [0.1, 0.15) is 11.6 Å². The monoisotopic (exact) mass is 582 g/mol. The summed E-state index contributed by atoms with van der Waals surface area (Å²) in [6.45, 7) is 8.48. The predicted molar refractivity (Wildman–Crippen MR) is 148 cm³/mol. The lowest BCUT2D eigenvalue weighted by Gasteiger charge is -2.33. The van der Waals surface area contributed by atoms with Crippen LogP contribution < -0.4 is 15.4 Å². The lowest BCUT2D eigenvalue weighted by molar-refractivity contribution is -0.145. The van der Waals surface area contributed by atoms with E-state index in [2.05, 4.69) is 15.4 Å². The smallest absolute Gasteiger partial charge is 0.410 e. The number of piperidine rings is 1. The van der Waals surface area contributed by atoms with Crippen LogP contribution in [0.15, 0.2) is 35.2 Å². The number of likely N-dealkylation sites (tertiary alicyclic amines) is 1. The summed E-state index contributed by atoms with van der Waals surface area (Å²) in [5, 5.41) is 5.43. The van der Waals surface area contributed by atoms with E-state index >= 15 is 0 Å². The second kappa shape index (κ2) is 15.6. The number of sulfonamides is 1. The SMILES string of the molecule is CCOC(=O)[C@H](CNC(=O)CCCC(=O)NCC1CCN(C(=O)OC(C)(C)C)CC1)NS(=O)(=O)c1ccccc1. The first-order valence-electron chi connectivity index (χ1n) is 13.6. The van der Waals surface area contributed by atoms with Crippen LogP contribution >= 0.6 is 0 Å². The van der Waals surface area contributed by atoms with Crippen LogP contribution in [0.1, 0.15) is 59.8 Å². The number of amides is 3. The Kier molecular flexibility index (Phi) is 12.8. The van der Waals surface area contributed by atoms with Gasteiger partial charge in [-0.25, -0.2) is 13.2 Å². The van der Waals surface area contributed by atoms with Gasteiger partial charge in [0, 0.05) is 39.0 Å². The lowest BCUT2D eigenvalue weighted by atomic mass is 9.97. The quantitative estimate of drug-likeness (QED) is 0.298. The van der Waals surface area contributed by atoms with E-state index in [0.29, 0.717) is 19.6 Å². The van der Waals surface area contributed by atoms with Gasteiger partial charge < -0.3 is 25.0 Å². The maximum absolute atomic E-state index is 12.6. The average Bonchev–Trinajstić information content (AvgIpc) is 2.89. The minimum atomic E-state index is -4.01. The molecule has 1 aromatic carbocycles. The molecule has 0 aromatic heterocycles. The molecule has 13 heteroatoms. The number of carbonyl (C=O) groups excluding carboxylic acids is 4. The molecular weight excluding hydrogens is 540 g/mol. The summed E-state index contributed by atoms with van der Waals surface area (Å²) in [5.41, 5.74) is -0.540. The molecule has 1 aromatic rings. The van der Waals surface area contributed by atoms with Crippen molar-refractivity contribution in [1.82, 2.24) is 20.3 Å². The first kappa shape index (κ1) is 33.0. The van der Waals surface area contributed by atoms with Crippen LogP contribution in [0.25, 0.3) is 0 Å². The fourth-order valence-corrected chi connectivity index (χ4v) is 5.18. The molecule has 12 nitrogen and oxygen atoms in total. The Balaban J connectivity index is 1.70. The molecule has 1 atom stereocenters. The molecule has 0 bridgehead atoms. The maximum Gasteiger partial charge on any atom is 0.410 e. The van der Waals surface area contributed by atoms with Gasteiger partial charge in [0.05, 0.1) is 11.5 Å². The minimum Gasteiger partial charge on any atom is -0.465 e. The van der Waals surface area contributed by atoms with Gasteiger partial charge in [0.25, 0.3) is 0 Å². The van der Waals surface area contributed by atoms with E-state index in [-0.39, 0.29) is 55.2 Å². The van der Waals surface area contributed by atoms with Crippen LogP contribution in [-0.2, 0) is 33.9 Å². The molecule has 1 saturated heterocycles. The summed E-state index contributed by atoms with van der Waals surface area (Å²) in [4.78, 5) is 50.7. The standard InChI is InChI=1S/C27H42N4O8S/c1-5-38-25(34)22(30-40(36,37)21-10-7-6-8-11-21)19-29-24(33)13-9-12-23(32)28-18-20-14-16-31(17-15-20)26(35)39-27(2,3)4/h6-8,10-11,20,22,30H,5,9,12-19H2,1-4H3,(H,28,32)(H,29,33)/t22-/m0/s1. The highest BCUT2D eigenvalue weighted by atomic mass is 32.2. The van der Waals surface area contributed by atoms with Crippen molar-refractivity contribution in [1.29, 1.82) is 0 Å². The number of ether oxygens (including phenoxy) is 2. The first-order chi connectivity index (χ1) is 18.8. The molecule has 2 rings (SSSR count). The molecule has 3 N–H and O–H groups in total. The summed E-state index contributed by atoms with van der Waals surface area (Å²) in [6, 6.07) is 6.25. The molecule has 1 aliphatic rings. The topological polar surface area (TPSA) is 160 Å². The van der Waals surface area contributed by atoms with E-state index in [1.54, 1.807) is 30.0 Å². The molecule has 40 heavy (non-hydrogen) atoms. The normalized spacial score (nSPS) is 15.2. The molecule has 0 unspecified atom stereocenters. The van der Waals surface area contributed by atoms with Crippen molar-refractivity contribution in [3.63, 3.8) is 0 Å². The molecule has 0 saturated carbocycles. The fourth-order valence-electron chi connectivity index (χ4n) is 3.98. The molecule has 1 heterocycles. The number of rotatable bonds is 13. The first-order valence-corrected chi connectivity index (χ1v) is 15.0. The lowest BCUT2D eigenvalue weighted by Crippen LogP contribution is -2.49. The highest BCUT2D eigenvalue weighted by molar-refractivity contribution is 7.89. The zero-order valence-electron chi connectivity index (χ0n) is 23.7. The van der Waals surface area contributed by atoms with Gasteiger partial charge in [-0.1, -0.05) is 18.2 Å². The van der Waals surface area contributed by atoms with Gasteiger partial charge in [-0.3, -0.25) is 14.4 Å². The second-order valence-corrected chi connectivity index (χ2v) is 12.3. The Morgan fingerprint density at radius 1 is 1.00 bits per heavy atom. The fraction of sp³-hybridized carbons (Fsp3) is 0.630. The van der Waals surface area contributed by atoms with E-state index in [9.17, 15) is 27.6 Å². The Hall–Kier alpha value is -3.19. The van der Waals surface area contributed by atoms with Crippen LogP contribution in [0.4, 0.5) is 4.79 Å². The largest absolute Gasteiger partial charge is 0.465 e. The average molecular weight is 583 g/mol. The summed E-state index contributed by atoms with van der Waals surface area (Å²) in [5.74, 6) is -1.15. The highest BCUT2D eigenvalue weighted by Gasteiger charge is 2.28. The van der Waals surface area contributed by atoms with Crippen molar-refractivity contribution in [2.24, 2.45) is 5.92 Å². The predicted octanol–water partition coefficient (Wildman–Crippen LogP) is 1.95. The molecule has 1 fully saturated rings. The number of benzene rings is 1. The van der Waals surface area contributed by atoms with E-state index in [0.717, 1.165) is 12.8 Å². The van der Waals surface area contributed by atoms with Gasteiger partial charge in [-0.05, 0) is 65.0 Å². The second-order valence-electron chi connectivity index (χ2n) is 10.6. The zero-order chi connectivity index (χ0) is 29.8.